The fourth-order valence-corrected chi connectivity index (χ4v) is 4.00. The van der Waals surface area contributed by atoms with Crippen LogP contribution in [0.25, 0.3) is 44.9 Å². The van der Waals surface area contributed by atoms with Gasteiger partial charge in [-0.15, -0.1) is 71.3 Å². The monoisotopic (exact) mass is 682 g/mol. The molecule has 0 atom stereocenters. The van der Waals surface area contributed by atoms with E-state index in [1.54, 1.807) is 0 Å². The molecule has 0 saturated heterocycles. The molecule has 0 bridgehead atoms. The summed E-state index contributed by atoms with van der Waals surface area (Å²) in [6.07, 6.45) is 3.71. The van der Waals surface area contributed by atoms with Crippen LogP contribution in [0.3, 0.4) is 0 Å². The van der Waals surface area contributed by atoms with Gasteiger partial charge in [-0.3, -0.25) is 9.97 Å². The van der Waals surface area contributed by atoms with Crippen molar-refractivity contribution < 1.29 is 20.1 Å². The first-order chi connectivity index (χ1) is 18.7. The van der Waals surface area contributed by atoms with E-state index in [4.69, 9.17) is 0 Å². The summed E-state index contributed by atoms with van der Waals surface area (Å²) in [7, 11) is 0. The van der Waals surface area contributed by atoms with E-state index in [0.29, 0.717) is 0 Å². The molecule has 193 valence electrons. The minimum absolute atomic E-state index is 0. The number of aromatic nitrogens is 3. The van der Waals surface area contributed by atoms with Crippen LogP contribution in [0.15, 0.2) is 128 Å². The molecule has 1 radical (unpaired) electrons. The first-order valence-electron chi connectivity index (χ1n) is 12.5. The van der Waals surface area contributed by atoms with E-state index in [2.05, 4.69) is 69.5 Å². The molecular weight excluding hydrogens is 655 g/mol. The van der Waals surface area contributed by atoms with Crippen LogP contribution in [0.1, 0.15) is 11.3 Å². The summed E-state index contributed by atoms with van der Waals surface area (Å²) in [5.41, 5.74) is 9.74. The van der Waals surface area contributed by atoms with E-state index < -0.39 is 0 Å². The summed E-state index contributed by atoms with van der Waals surface area (Å²) >= 11 is 0. The number of nitrogens with zero attached hydrogens (tertiary/aromatic N) is 3. The quantitative estimate of drug-likeness (QED) is 0.175. The molecule has 2 aromatic heterocycles. The Morgan fingerprint density at radius 1 is 0.564 bits per heavy atom. The number of rotatable bonds is 4. The summed E-state index contributed by atoms with van der Waals surface area (Å²) in [5.74, 6) is 0.728. The molecule has 0 saturated carbocycles. The zero-order chi connectivity index (χ0) is 26.2. The molecule has 0 amide bonds. The van der Waals surface area contributed by atoms with Crippen molar-refractivity contribution in [3.63, 3.8) is 0 Å². The molecule has 0 aliphatic carbocycles. The van der Waals surface area contributed by atoms with Gasteiger partial charge in [-0.1, -0.05) is 66.7 Å². The Morgan fingerprint density at radius 3 is 1.85 bits per heavy atom. The molecule has 0 N–H and O–H groups in total. The van der Waals surface area contributed by atoms with Crippen LogP contribution in [0, 0.1) is 26.0 Å². The Balaban J connectivity index is 0.000000177. The van der Waals surface area contributed by atoms with Gasteiger partial charge in [0.05, 0.1) is 5.82 Å². The second-order valence-electron chi connectivity index (χ2n) is 8.89. The van der Waals surface area contributed by atoms with E-state index >= 15 is 0 Å². The maximum absolute atomic E-state index is 4.54. The van der Waals surface area contributed by atoms with Gasteiger partial charge in [0.25, 0.3) is 0 Å². The molecule has 0 unspecified atom stereocenters. The van der Waals surface area contributed by atoms with Crippen molar-refractivity contribution in [2.24, 2.45) is 0 Å². The van der Waals surface area contributed by atoms with Gasteiger partial charge in [-0.25, -0.2) is 0 Å². The van der Waals surface area contributed by atoms with Crippen molar-refractivity contribution in [1.29, 1.82) is 0 Å². The molecule has 2 heterocycles. The van der Waals surface area contributed by atoms with Crippen molar-refractivity contribution in [1.82, 2.24) is 15.0 Å². The summed E-state index contributed by atoms with van der Waals surface area (Å²) in [4.78, 5) is 13.3. The van der Waals surface area contributed by atoms with Gasteiger partial charge in [0.1, 0.15) is 0 Å². The van der Waals surface area contributed by atoms with Crippen LogP contribution < -0.4 is 0 Å². The van der Waals surface area contributed by atoms with Crippen LogP contribution in [0.2, 0.25) is 0 Å². The first kappa shape index (κ1) is 27.8. The number of hydrogen-bond acceptors (Lipinski definition) is 3. The third-order valence-corrected chi connectivity index (χ3v) is 6.23. The van der Waals surface area contributed by atoms with Crippen molar-refractivity contribution in [3.8, 4) is 44.9 Å². The van der Waals surface area contributed by atoms with Crippen LogP contribution in [-0.4, -0.2) is 15.0 Å². The molecule has 6 aromatic rings. The largest absolute Gasteiger partial charge is 0.305 e. The molecule has 0 aliphatic rings. The molecule has 6 rings (SSSR count). The molecule has 4 aromatic carbocycles. The fraction of sp³-hybridized carbons (Fsp3) is 0.0571. The van der Waals surface area contributed by atoms with Crippen molar-refractivity contribution in [2.75, 3.05) is 0 Å². The van der Waals surface area contributed by atoms with Crippen LogP contribution in [0.4, 0.5) is 0 Å². The topological polar surface area (TPSA) is 38.7 Å². The van der Waals surface area contributed by atoms with E-state index in [-0.39, 0.29) is 20.1 Å². The zero-order valence-corrected chi connectivity index (χ0v) is 24.2. The predicted molar refractivity (Wildman–Crippen MR) is 155 cm³/mol. The predicted octanol–water partition coefficient (Wildman–Crippen LogP) is 8.44. The minimum Gasteiger partial charge on any atom is -0.305 e. The third kappa shape index (κ3) is 7.20. The first-order valence-corrected chi connectivity index (χ1v) is 12.5. The van der Waals surface area contributed by atoms with E-state index in [9.17, 15) is 0 Å². The average Bonchev–Trinajstić information content (AvgIpc) is 3.00. The fourth-order valence-electron chi connectivity index (χ4n) is 4.00. The summed E-state index contributed by atoms with van der Waals surface area (Å²) in [6, 6.07) is 45.1. The molecule has 0 aliphatic heterocycles. The normalized spacial score (nSPS) is 10.1. The van der Waals surface area contributed by atoms with Gasteiger partial charge in [-0.2, -0.15) is 0 Å². The van der Waals surface area contributed by atoms with Gasteiger partial charge >= 0.3 is 0 Å². The second-order valence-corrected chi connectivity index (χ2v) is 8.89. The maximum atomic E-state index is 4.54. The van der Waals surface area contributed by atoms with Gasteiger partial charge in [0, 0.05) is 38.2 Å². The number of benzene rings is 4. The van der Waals surface area contributed by atoms with Gasteiger partial charge in [-0.05, 0) is 47.9 Å². The minimum atomic E-state index is 0. The Bertz CT molecular complexity index is 1560. The number of hydrogen-bond donors (Lipinski definition) is 0. The van der Waals surface area contributed by atoms with Gasteiger partial charge < -0.3 is 4.98 Å². The summed E-state index contributed by atoms with van der Waals surface area (Å²) in [6.45, 7) is 4.02. The smallest absolute Gasteiger partial charge is 0.0751 e. The summed E-state index contributed by atoms with van der Waals surface area (Å²) < 4.78 is 0. The molecule has 39 heavy (non-hydrogen) atoms. The Hall–Kier alpha value is -4.24. The van der Waals surface area contributed by atoms with E-state index in [1.807, 2.05) is 99.0 Å². The molecule has 4 heteroatoms. The van der Waals surface area contributed by atoms with E-state index in [1.165, 1.54) is 16.7 Å². The maximum Gasteiger partial charge on any atom is 0.0751 e. The van der Waals surface area contributed by atoms with Gasteiger partial charge in [0.2, 0.25) is 0 Å². The van der Waals surface area contributed by atoms with Crippen molar-refractivity contribution >= 4 is 0 Å². The zero-order valence-electron chi connectivity index (χ0n) is 21.8. The van der Waals surface area contributed by atoms with Crippen LogP contribution in [0.5, 0.6) is 0 Å². The van der Waals surface area contributed by atoms with E-state index in [0.717, 1.165) is 39.5 Å². The Morgan fingerprint density at radius 2 is 1.21 bits per heavy atom. The number of aryl methyl sites for hydroxylation is 2. The molecular formula is C35H27IrN3-2. The second kappa shape index (κ2) is 13.5. The summed E-state index contributed by atoms with van der Waals surface area (Å²) in [5, 5.41) is 0. The van der Waals surface area contributed by atoms with Gasteiger partial charge in [0.15, 0.2) is 0 Å². The van der Waals surface area contributed by atoms with Crippen LogP contribution >= 0.6 is 0 Å². The third-order valence-electron chi connectivity index (χ3n) is 6.23. The average molecular weight is 682 g/mol. The van der Waals surface area contributed by atoms with Crippen LogP contribution in [-0.2, 0) is 20.1 Å². The van der Waals surface area contributed by atoms with Crippen molar-refractivity contribution in [3.05, 3.63) is 151 Å². The SMILES string of the molecule is Cc1cnc(-c2[c-]ccc(-c3ccccc3)c2)nc1C.[Ir].[c-]1ccccc1-c1cc(-c2ccccc2)ccn1. The molecule has 3 nitrogen and oxygen atoms in total. The Labute approximate surface area is 244 Å². The number of pyridine rings is 1. The Kier molecular flexibility index (Phi) is 9.63. The van der Waals surface area contributed by atoms with Crippen molar-refractivity contribution in [2.45, 2.75) is 13.8 Å². The molecule has 0 spiro atoms. The molecule has 0 fully saturated rings. The standard InChI is InChI=1S/C18H15N2.C17H12N.Ir/c1-13-12-19-18(20-14(13)2)17-10-6-9-16(11-17)15-7-4-3-5-8-15;1-3-7-14(8-4-1)16-11-12-18-17(13-16)15-9-5-2-6-10-15;/h3-9,11-12H,1-2H3;1-9,11-13H;/q2*-1;.